The molecule has 3 fully saturated rings. The summed E-state index contributed by atoms with van der Waals surface area (Å²) in [7, 11) is 0. The number of anilines is 1. The van der Waals surface area contributed by atoms with Crippen LogP contribution < -0.4 is 4.90 Å². The van der Waals surface area contributed by atoms with Crippen LogP contribution in [0.3, 0.4) is 0 Å². The summed E-state index contributed by atoms with van der Waals surface area (Å²) in [4.78, 5) is 44.9. The van der Waals surface area contributed by atoms with Crippen LogP contribution in [0.1, 0.15) is 36.8 Å². The highest BCUT2D eigenvalue weighted by Gasteiger charge is 2.57. The first-order chi connectivity index (χ1) is 16.8. The first-order valence-electron chi connectivity index (χ1n) is 11.7. The van der Waals surface area contributed by atoms with Gasteiger partial charge in [-0.3, -0.25) is 19.3 Å². The largest absolute Gasteiger partial charge is 0.339 e. The van der Waals surface area contributed by atoms with Crippen molar-refractivity contribution in [2.75, 3.05) is 24.5 Å². The van der Waals surface area contributed by atoms with Crippen molar-refractivity contribution in [1.29, 1.82) is 5.26 Å². The number of halogens is 2. The highest BCUT2D eigenvalue weighted by atomic mass is 35.5. The average molecular weight is 495 g/mol. The summed E-state index contributed by atoms with van der Waals surface area (Å²) in [5.41, 5.74) is -0.415. The van der Waals surface area contributed by atoms with Crippen molar-refractivity contribution in [2.45, 2.75) is 37.8 Å². The van der Waals surface area contributed by atoms with Gasteiger partial charge in [-0.2, -0.15) is 5.26 Å². The van der Waals surface area contributed by atoms with Crippen molar-refractivity contribution in [3.05, 3.63) is 64.4 Å². The molecule has 7 nitrogen and oxygen atoms in total. The van der Waals surface area contributed by atoms with E-state index in [-0.39, 0.29) is 55.0 Å². The van der Waals surface area contributed by atoms with Crippen LogP contribution in [0, 0.1) is 23.1 Å². The minimum atomic E-state index is -1.30. The molecule has 3 aliphatic rings. The monoisotopic (exact) mass is 494 g/mol. The second-order valence-electron chi connectivity index (χ2n) is 9.44. The van der Waals surface area contributed by atoms with E-state index in [9.17, 15) is 18.8 Å². The molecule has 2 aliphatic heterocycles. The third-order valence-electron chi connectivity index (χ3n) is 7.39. The molecule has 1 unspecified atom stereocenters. The standard InChI is InChI=1S/C26H24ClFN4O3/c27-20-7-4-17(5-8-20)14-32-23(33)15-31(22-9-6-18(13-29)12-21(22)28)25(35)26(32)10-11-30(16-26)24(34)19-2-1-3-19/h4-9,12,19H,1-3,10-11,14-16H2. The van der Waals surface area contributed by atoms with E-state index in [1.165, 1.54) is 12.1 Å². The molecule has 0 radical (unpaired) electrons. The molecule has 180 valence electrons. The Labute approximate surface area is 207 Å². The zero-order valence-electron chi connectivity index (χ0n) is 19.0. The molecule has 1 spiro atoms. The maximum Gasteiger partial charge on any atom is 0.255 e. The maximum absolute atomic E-state index is 14.9. The lowest BCUT2D eigenvalue weighted by Gasteiger charge is -2.47. The Morgan fingerprint density at radius 1 is 1.17 bits per heavy atom. The van der Waals surface area contributed by atoms with Gasteiger partial charge in [0.05, 0.1) is 23.9 Å². The summed E-state index contributed by atoms with van der Waals surface area (Å²) < 4.78 is 14.9. The van der Waals surface area contributed by atoms with Crippen LogP contribution in [0.25, 0.3) is 0 Å². The zero-order chi connectivity index (χ0) is 24.7. The molecule has 3 amide bonds. The molecule has 2 saturated heterocycles. The van der Waals surface area contributed by atoms with Gasteiger partial charge in [0.25, 0.3) is 5.91 Å². The van der Waals surface area contributed by atoms with Gasteiger partial charge in [0.15, 0.2) is 0 Å². The molecule has 5 rings (SSSR count). The van der Waals surface area contributed by atoms with E-state index in [0.29, 0.717) is 11.6 Å². The lowest BCUT2D eigenvalue weighted by Crippen LogP contribution is -2.69. The molecule has 1 saturated carbocycles. The second kappa shape index (κ2) is 8.97. The summed E-state index contributed by atoms with van der Waals surface area (Å²) >= 11 is 6.01. The Balaban J connectivity index is 1.51. The number of rotatable bonds is 4. The Bertz CT molecular complexity index is 1240. The molecule has 9 heteroatoms. The van der Waals surface area contributed by atoms with Crippen LogP contribution in [0.2, 0.25) is 5.02 Å². The highest BCUT2D eigenvalue weighted by molar-refractivity contribution is 6.30. The number of hydrogen-bond acceptors (Lipinski definition) is 4. The Kier molecular flexibility index (Phi) is 5.97. The fraction of sp³-hybridized carbons (Fsp3) is 0.385. The van der Waals surface area contributed by atoms with E-state index in [4.69, 9.17) is 16.9 Å². The lowest BCUT2D eigenvalue weighted by atomic mass is 9.84. The van der Waals surface area contributed by atoms with E-state index in [0.717, 1.165) is 35.8 Å². The van der Waals surface area contributed by atoms with Gasteiger partial charge in [0.1, 0.15) is 17.9 Å². The second-order valence-corrected chi connectivity index (χ2v) is 9.88. The predicted octanol–water partition coefficient (Wildman–Crippen LogP) is 3.50. The van der Waals surface area contributed by atoms with Gasteiger partial charge in [0, 0.05) is 24.0 Å². The SMILES string of the molecule is N#Cc1ccc(N2CC(=O)N(Cc3ccc(Cl)cc3)C3(CCN(C(=O)C4CCC4)C3)C2=O)c(F)c1. The third kappa shape index (κ3) is 4.04. The number of benzene rings is 2. The fourth-order valence-corrected chi connectivity index (χ4v) is 5.32. The minimum absolute atomic E-state index is 0.0153. The van der Waals surface area contributed by atoms with Gasteiger partial charge in [-0.15, -0.1) is 0 Å². The fourth-order valence-electron chi connectivity index (χ4n) is 5.19. The third-order valence-corrected chi connectivity index (χ3v) is 7.64. The molecule has 35 heavy (non-hydrogen) atoms. The predicted molar refractivity (Wildman–Crippen MR) is 127 cm³/mol. The van der Waals surface area contributed by atoms with Gasteiger partial charge >= 0.3 is 0 Å². The van der Waals surface area contributed by atoms with Crippen molar-refractivity contribution in [3.8, 4) is 6.07 Å². The number of hydrogen-bond donors (Lipinski definition) is 0. The molecule has 2 aromatic carbocycles. The number of carbonyl (C=O) groups excluding carboxylic acids is 3. The van der Waals surface area contributed by atoms with E-state index >= 15 is 0 Å². The molecule has 0 bridgehead atoms. The molecule has 1 atom stereocenters. The minimum Gasteiger partial charge on any atom is -0.339 e. The first kappa shape index (κ1) is 23.3. The number of amides is 3. The van der Waals surface area contributed by atoms with Gasteiger partial charge in [0.2, 0.25) is 11.8 Å². The van der Waals surface area contributed by atoms with Crippen LogP contribution in [-0.4, -0.2) is 52.7 Å². The van der Waals surface area contributed by atoms with Crippen molar-refractivity contribution in [2.24, 2.45) is 5.92 Å². The van der Waals surface area contributed by atoms with Crippen LogP contribution in [0.5, 0.6) is 0 Å². The van der Waals surface area contributed by atoms with Gasteiger partial charge in [-0.05, 0) is 55.2 Å². The number of piperazine rings is 1. The summed E-state index contributed by atoms with van der Waals surface area (Å²) in [5.74, 6) is -1.51. The topological polar surface area (TPSA) is 84.7 Å². The van der Waals surface area contributed by atoms with Crippen LogP contribution in [0.15, 0.2) is 42.5 Å². The highest BCUT2D eigenvalue weighted by Crippen LogP contribution is 2.39. The smallest absolute Gasteiger partial charge is 0.255 e. The van der Waals surface area contributed by atoms with Crippen molar-refractivity contribution < 1.29 is 18.8 Å². The molecular formula is C26H24ClFN4O3. The summed E-state index contributed by atoms with van der Waals surface area (Å²) in [6.07, 6.45) is 2.97. The van der Waals surface area contributed by atoms with Crippen LogP contribution >= 0.6 is 11.6 Å². The Morgan fingerprint density at radius 3 is 2.54 bits per heavy atom. The van der Waals surface area contributed by atoms with Crippen LogP contribution in [0.4, 0.5) is 10.1 Å². The van der Waals surface area contributed by atoms with Crippen molar-refractivity contribution in [3.63, 3.8) is 0 Å². The molecule has 2 aromatic rings. The number of carbonyl (C=O) groups is 3. The van der Waals surface area contributed by atoms with Crippen LogP contribution in [-0.2, 0) is 20.9 Å². The van der Waals surface area contributed by atoms with E-state index in [2.05, 4.69) is 0 Å². The maximum atomic E-state index is 14.9. The quantitative estimate of drug-likeness (QED) is 0.651. The van der Waals surface area contributed by atoms with Crippen molar-refractivity contribution >= 4 is 35.0 Å². The zero-order valence-corrected chi connectivity index (χ0v) is 19.8. The summed E-state index contributed by atoms with van der Waals surface area (Å²) in [5, 5.41) is 9.62. The number of likely N-dealkylation sites (tertiary alicyclic amines) is 1. The van der Waals surface area contributed by atoms with E-state index in [1.807, 2.05) is 6.07 Å². The van der Waals surface area contributed by atoms with Gasteiger partial charge in [-0.25, -0.2) is 4.39 Å². The Morgan fingerprint density at radius 2 is 1.91 bits per heavy atom. The normalized spacial score (nSPS) is 22.5. The first-order valence-corrected chi connectivity index (χ1v) is 12.1. The van der Waals surface area contributed by atoms with E-state index in [1.54, 1.807) is 34.1 Å². The van der Waals surface area contributed by atoms with Gasteiger partial charge < -0.3 is 9.80 Å². The summed E-state index contributed by atoms with van der Waals surface area (Å²) in [6, 6.07) is 12.7. The number of nitriles is 1. The lowest BCUT2D eigenvalue weighted by molar-refractivity contribution is -0.152. The molecule has 1 aliphatic carbocycles. The molecular weight excluding hydrogens is 471 g/mol. The van der Waals surface area contributed by atoms with Gasteiger partial charge in [-0.1, -0.05) is 30.2 Å². The molecule has 0 aromatic heterocycles. The average Bonchev–Trinajstić information content (AvgIpc) is 3.26. The molecule has 2 heterocycles. The summed E-state index contributed by atoms with van der Waals surface area (Å²) in [6.45, 7) is 0.286. The van der Waals surface area contributed by atoms with E-state index < -0.39 is 17.3 Å². The Hall–Kier alpha value is -3.44. The molecule has 0 N–H and O–H groups in total. The van der Waals surface area contributed by atoms with Crippen molar-refractivity contribution in [1.82, 2.24) is 9.80 Å². The number of nitrogens with zero attached hydrogens (tertiary/aromatic N) is 4.